The normalized spacial score (nSPS) is 12.2. The molecule has 32 heavy (non-hydrogen) atoms. The number of hydrogen-bond donors (Lipinski definition) is 0. The van der Waals surface area contributed by atoms with Gasteiger partial charge in [-0.05, 0) is 23.7 Å². The molecule has 1 radical (unpaired) electrons. The minimum absolute atomic E-state index is 0.00926. The molecule has 0 spiro atoms. The molecule has 0 bridgehead atoms. The predicted octanol–water partition coefficient (Wildman–Crippen LogP) is 6.88. The van der Waals surface area contributed by atoms with Crippen LogP contribution in [0.3, 0.4) is 0 Å². The molecule has 0 amide bonds. The van der Waals surface area contributed by atoms with Crippen LogP contribution in [-0.2, 0) is 0 Å². The molecule has 0 unspecified atom stereocenters. The lowest BCUT2D eigenvalue weighted by Crippen LogP contribution is -2.55. The molecule has 2 nitrogen and oxygen atoms in total. The molecule has 3 aromatic rings. The topological polar surface area (TPSA) is 8.81 Å². The fraction of sp³-hybridized carbons (Fsp3) is 0.444. The maximum Gasteiger partial charge on any atom is 0.354 e. The van der Waals surface area contributed by atoms with Crippen molar-refractivity contribution in [2.75, 3.05) is 0 Å². The highest BCUT2D eigenvalue weighted by Gasteiger charge is 2.29. The second-order valence-corrected chi connectivity index (χ2v) is 9.89. The van der Waals surface area contributed by atoms with Crippen LogP contribution in [0.15, 0.2) is 48.8 Å². The van der Waals surface area contributed by atoms with Crippen molar-refractivity contribution < 1.29 is 13.2 Å². The SMILES string of the molecule is CC(C)c1cccc(C(C)C)c1-n1cc[n+](-c2c(C(C)C)cccc2C(C)C)c1[B-](F)F. The van der Waals surface area contributed by atoms with Crippen molar-refractivity contribution in [3.63, 3.8) is 0 Å². The highest BCUT2D eigenvalue weighted by atomic mass is 19.2. The summed E-state index contributed by atoms with van der Waals surface area (Å²) >= 11 is 0. The van der Waals surface area contributed by atoms with Gasteiger partial charge in [-0.25, -0.2) is 9.13 Å². The van der Waals surface area contributed by atoms with Crippen LogP contribution in [0.25, 0.3) is 11.4 Å². The molecule has 2 aromatic carbocycles. The van der Waals surface area contributed by atoms with Gasteiger partial charge in [0.15, 0.2) is 0 Å². The summed E-state index contributed by atoms with van der Waals surface area (Å²) in [5, 5.41) is 0. The molecule has 0 saturated heterocycles. The van der Waals surface area contributed by atoms with Gasteiger partial charge in [0.25, 0.3) is 0 Å². The van der Waals surface area contributed by atoms with E-state index in [2.05, 4.69) is 79.7 Å². The van der Waals surface area contributed by atoms with Crippen LogP contribution in [0.1, 0.15) is 101 Å². The Bertz CT molecular complexity index is 948. The Kier molecular flexibility index (Phi) is 7.27. The second-order valence-electron chi connectivity index (χ2n) is 9.89. The fourth-order valence-corrected chi connectivity index (χ4v) is 4.57. The Morgan fingerprint density at radius 2 is 1.09 bits per heavy atom. The van der Waals surface area contributed by atoms with E-state index in [1.54, 1.807) is 9.13 Å². The molecular weight excluding hydrogens is 401 g/mol. The Morgan fingerprint density at radius 3 is 1.47 bits per heavy atom. The summed E-state index contributed by atoms with van der Waals surface area (Å²) in [6.07, 6.45) is 3.63. The van der Waals surface area contributed by atoms with Crippen molar-refractivity contribution in [2.45, 2.75) is 79.1 Å². The Labute approximate surface area is 192 Å². The number of benzene rings is 2. The zero-order valence-electron chi connectivity index (χ0n) is 20.7. The molecule has 0 atom stereocenters. The number of imidazole rings is 1. The summed E-state index contributed by atoms with van der Waals surface area (Å²) in [6.45, 7) is 16.9. The van der Waals surface area contributed by atoms with Crippen LogP contribution in [-0.4, -0.2) is 11.8 Å². The Balaban J connectivity index is 2.42. The first-order chi connectivity index (χ1) is 15.1. The van der Waals surface area contributed by atoms with Gasteiger partial charge in [-0.2, -0.15) is 0 Å². The maximum absolute atomic E-state index is 14.8. The number of rotatable bonds is 7. The maximum atomic E-state index is 14.8. The van der Waals surface area contributed by atoms with Gasteiger partial charge < -0.3 is 8.63 Å². The third kappa shape index (κ3) is 4.39. The summed E-state index contributed by atoms with van der Waals surface area (Å²) in [4.78, 5) is 0. The monoisotopic (exact) mass is 437 g/mol. The van der Waals surface area contributed by atoms with Crippen molar-refractivity contribution >= 4 is 13.0 Å². The van der Waals surface area contributed by atoms with E-state index in [4.69, 9.17) is 0 Å². The molecule has 0 saturated carbocycles. The van der Waals surface area contributed by atoms with E-state index in [0.29, 0.717) is 0 Å². The summed E-state index contributed by atoms with van der Waals surface area (Å²) in [6, 6.07) is 12.3. The number of para-hydroxylation sites is 2. The lowest BCUT2D eigenvalue weighted by Gasteiger charge is -2.22. The minimum Gasteiger partial charge on any atom is -0.495 e. The van der Waals surface area contributed by atoms with Gasteiger partial charge >= 0.3 is 7.27 Å². The molecule has 1 heterocycles. The van der Waals surface area contributed by atoms with Gasteiger partial charge in [-0.1, -0.05) is 91.8 Å². The van der Waals surface area contributed by atoms with Crippen LogP contribution in [0.5, 0.6) is 0 Å². The van der Waals surface area contributed by atoms with Crippen molar-refractivity contribution in [3.05, 3.63) is 71.0 Å². The third-order valence-corrected chi connectivity index (χ3v) is 6.22. The van der Waals surface area contributed by atoms with Gasteiger partial charge in [0.1, 0.15) is 29.5 Å². The average Bonchev–Trinajstić information content (AvgIpc) is 3.17. The van der Waals surface area contributed by atoms with E-state index in [9.17, 15) is 8.63 Å². The van der Waals surface area contributed by atoms with Crippen molar-refractivity contribution in [2.24, 2.45) is 0 Å². The van der Waals surface area contributed by atoms with Gasteiger partial charge in [0, 0.05) is 22.3 Å². The summed E-state index contributed by atoms with van der Waals surface area (Å²) in [7, 11) is -2.62. The highest BCUT2D eigenvalue weighted by molar-refractivity contribution is 6.57. The van der Waals surface area contributed by atoms with Gasteiger partial charge in [-0.15, -0.1) is 0 Å². The molecule has 0 fully saturated rings. The van der Waals surface area contributed by atoms with E-state index in [-0.39, 0.29) is 29.4 Å². The lowest BCUT2D eigenvalue weighted by atomic mass is 9.89. The van der Waals surface area contributed by atoms with Crippen molar-refractivity contribution in [1.29, 1.82) is 0 Å². The van der Waals surface area contributed by atoms with E-state index < -0.39 is 7.27 Å². The number of halogens is 2. The fourth-order valence-electron chi connectivity index (χ4n) is 4.57. The Hall–Kier alpha value is -2.43. The summed E-state index contributed by atoms with van der Waals surface area (Å²) < 4.78 is 33.0. The first kappa shape index (κ1) is 24.2. The predicted molar refractivity (Wildman–Crippen MR) is 131 cm³/mol. The highest BCUT2D eigenvalue weighted by Crippen LogP contribution is 2.32. The zero-order valence-corrected chi connectivity index (χ0v) is 20.7. The van der Waals surface area contributed by atoms with Gasteiger partial charge in [0.2, 0.25) is 0 Å². The molecule has 5 heteroatoms. The van der Waals surface area contributed by atoms with E-state index in [1.807, 2.05) is 24.5 Å². The largest absolute Gasteiger partial charge is 0.495 e. The average molecular weight is 437 g/mol. The molecule has 0 aliphatic rings. The molecule has 3 rings (SSSR count). The molecule has 171 valence electrons. The van der Waals surface area contributed by atoms with Crippen LogP contribution >= 0.6 is 0 Å². The second kappa shape index (κ2) is 9.60. The minimum atomic E-state index is -2.62. The smallest absolute Gasteiger partial charge is 0.354 e. The van der Waals surface area contributed by atoms with Crippen LogP contribution in [0.2, 0.25) is 0 Å². The lowest BCUT2D eigenvalue weighted by molar-refractivity contribution is -0.577. The molecule has 1 aromatic heterocycles. The zero-order chi connectivity index (χ0) is 23.7. The number of hydrogen-bond acceptors (Lipinski definition) is 0. The van der Waals surface area contributed by atoms with Crippen molar-refractivity contribution in [1.82, 2.24) is 4.57 Å². The molecule has 0 aliphatic heterocycles. The molecule has 0 aliphatic carbocycles. The van der Waals surface area contributed by atoms with E-state index in [1.165, 1.54) is 0 Å². The summed E-state index contributed by atoms with van der Waals surface area (Å²) in [5.74, 6) is 0.886. The van der Waals surface area contributed by atoms with Crippen molar-refractivity contribution in [3.8, 4) is 11.4 Å². The summed E-state index contributed by atoms with van der Waals surface area (Å²) in [5.41, 5.74) is 6.13. The van der Waals surface area contributed by atoms with Crippen LogP contribution in [0.4, 0.5) is 8.63 Å². The molecule has 0 N–H and O–H groups in total. The van der Waals surface area contributed by atoms with E-state index >= 15 is 0 Å². The number of nitrogens with zero attached hydrogens (tertiary/aromatic N) is 2. The molecular formula is C27H36BF2N2. The quantitative estimate of drug-likeness (QED) is 0.281. The number of aromatic nitrogens is 2. The van der Waals surface area contributed by atoms with Gasteiger partial charge in [-0.3, -0.25) is 0 Å². The van der Waals surface area contributed by atoms with Crippen LogP contribution in [0, 0.1) is 0 Å². The third-order valence-electron chi connectivity index (χ3n) is 6.22. The van der Waals surface area contributed by atoms with Gasteiger partial charge in [0.05, 0.1) is 0 Å². The van der Waals surface area contributed by atoms with Crippen LogP contribution < -0.4 is 10.3 Å². The van der Waals surface area contributed by atoms with E-state index in [0.717, 1.165) is 33.6 Å². The first-order valence-electron chi connectivity index (χ1n) is 11.7. The first-order valence-corrected chi connectivity index (χ1v) is 11.7. The standard InChI is InChI=1S/C27H36BF2N2/c1-17(2)21-11-9-12-22(18(3)4)25(21)31-15-16-32(27(31)28(29)30)26-23(19(5)6)13-10-14-24(26)20(7)8/h9-20H,1-8H3. The Morgan fingerprint density at radius 1 is 0.688 bits per heavy atom.